The van der Waals surface area contributed by atoms with Gasteiger partial charge in [-0.2, -0.15) is 0 Å². The monoisotopic (exact) mass is 262 g/mol. The lowest BCUT2D eigenvalue weighted by Gasteiger charge is -2.16. The molecule has 0 radical (unpaired) electrons. The Bertz CT molecular complexity index is 434. The largest absolute Gasteiger partial charge is 0.385 e. The van der Waals surface area contributed by atoms with Crippen molar-refractivity contribution in [3.63, 3.8) is 0 Å². The molecule has 4 heteroatoms. The van der Waals surface area contributed by atoms with E-state index in [0.717, 1.165) is 25.3 Å². The number of amides is 1. The molecule has 0 bridgehead atoms. The number of anilines is 1. The van der Waals surface area contributed by atoms with Crippen LogP contribution < -0.4 is 10.6 Å². The zero-order valence-electron chi connectivity index (χ0n) is 11.6. The van der Waals surface area contributed by atoms with Gasteiger partial charge in [0, 0.05) is 31.3 Å². The van der Waals surface area contributed by atoms with E-state index in [4.69, 9.17) is 4.74 Å². The second-order valence-corrected chi connectivity index (χ2v) is 4.91. The minimum atomic E-state index is -0.0179. The Hall–Kier alpha value is -1.55. The predicted octanol–water partition coefficient (Wildman–Crippen LogP) is 2.27. The maximum absolute atomic E-state index is 12.2. The quantitative estimate of drug-likeness (QED) is 0.856. The van der Waals surface area contributed by atoms with Gasteiger partial charge < -0.3 is 15.4 Å². The van der Waals surface area contributed by atoms with Crippen LogP contribution in [0.4, 0.5) is 5.69 Å². The minimum absolute atomic E-state index is 0.0179. The highest BCUT2D eigenvalue weighted by molar-refractivity contribution is 5.99. The Kier molecular flexibility index (Phi) is 4.80. The molecule has 2 unspecified atom stereocenters. The van der Waals surface area contributed by atoms with Gasteiger partial charge in [-0.3, -0.25) is 4.79 Å². The van der Waals surface area contributed by atoms with Crippen LogP contribution in [0.3, 0.4) is 0 Å². The summed E-state index contributed by atoms with van der Waals surface area (Å²) >= 11 is 0. The van der Waals surface area contributed by atoms with Crippen LogP contribution in [-0.4, -0.2) is 31.7 Å². The van der Waals surface area contributed by atoms with Crippen LogP contribution in [0.2, 0.25) is 0 Å². The number of carbonyl (C=O) groups is 1. The van der Waals surface area contributed by atoms with E-state index in [1.807, 2.05) is 31.2 Å². The third kappa shape index (κ3) is 3.47. The lowest BCUT2D eigenvalue weighted by Crippen LogP contribution is -2.32. The van der Waals surface area contributed by atoms with Crippen molar-refractivity contribution in [2.24, 2.45) is 5.92 Å². The van der Waals surface area contributed by atoms with E-state index in [0.29, 0.717) is 18.0 Å². The van der Waals surface area contributed by atoms with Crippen molar-refractivity contribution in [1.82, 2.24) is 5.32 Å². The van der Waals surface area contributed by atoms with E-state index in [-0.39, 0.29) is 12.0 Å². The molecule has 1 amide bonds. The summed E-state index contributed by atoms with van der Waals surface area (Å²) < 4.78 is 5.50. The summed E-state index contributed by atoms with van der Waals surface area (Å²) in [4.78, 5) is 12.2. The fourth-order valence-electron chi connectivity index (χ4n) is 2.39. The Balaban J connectivity index is 1.95. The van der Waals surface area contributed by atoms with E-state index in [9.17, 15) is 4.79 Å². The summed E-state index contributed by atoms with van der Waals surface area (Å²) in [5.74, 6) is 0.408. The van der Waals surface area contributed by atoms with Gasteiger partial charge in [0.05, 0.1) is 11.7 Å². The van der Waals surface area contributed by atoms with Crippen molar-refractivity contribution in [3.8, 4) is 0 Å². The van der Waals surface area contributed by atoms with Gasteiger partial charge in [-0.05, 0) is 32.4 Å². The first-order valence-electron chi connectivity index (χ1n) is 6.95. The van der Waals surface area contributed by atoms with Crippen LogP contribution >= 0.6 is 0 Å². The van der Waals surface area contributed by atoms with Crippen molar-refractivity contribution in [2.45, 2.75) is 26.4 Å². The van der Waals surface area contributed by atoms with E-state index in [2.05, 4.69) is 17.6 Å². The van der Waals surface area contributed by atoms with Crippen LogP contribution in [0.25, 0.3) is 0 Å². The molecule has 0 spiro atoms. The SMILES string of the molecule is CCNc1ccccc1C(=O)NCC1CCOC1C. The third-order valence-electron chi connectivity index (χ3n) is 3.60. The van der Waals surface area contributed by atoms with Crippen LogP contribution in [0.15, 0.2) is 24.3 Å². The Labute approximate surface area is 114 Å². The summed E-state index contributed by atoms with van der Waals surface area (Å²) in [5, 5.41) is 6.22. The number of hydrogen-bond donors (Lipinski definition) is 2. The maximum atomic E-state index is 12.2. The third-order valence-corrected chi connectivity index (χ3v) is 3.60. The van der Waals surface area contributed by atoms with Crippen molar-refractivity contribution in [1.29, 1.82) is 0 Å². The molecule has 2 N–H and O–H groups in total. The molecule has 1 saturated heterocycles. The normalized spacial score (nSPS) is 22.2. The highest BCUT2D eigenvalue weighted by Crippen LogP contribution is 2.20. The van der Waals surface area contributed by atoms with Crippen molar-refractivity contribution in [2.75, 3.05) is 25.0 Å². The molecule has 0 aromatic heterocycles. The molecule has 4 nitrogen and oxygen atoms in total. The Morgan fingerprint density at radius 3 is 2.89 bits per heavy atom. The second kappa shape index (κ2) is 6.57. The molecular weight excluding hydrogens is 240 g/mol. The van der Waals surface area contributed by atoms with Gasteiger partial charge in [0.25, 0.3) is 5.91 Å². The molecule has 19 heavy (non-hydrogen) atoms. The summed E-state index contributed by atoms with van der Waals surface area (Å²) in [5.41, 5.74) is 1.59. The average Bonchev–Trinajstić information content (AvgIpc) is 2.82. The summed E-state index contributed by atoms with van der Waals surface area (Å²) in [6.07, 6.45) is 1.26. The summed E-state index contributed by atoms with van der Waals surface area (Å²) in [7, 11) is 0. The number of ether oxygens (including phenoxy) is 1. The number of benzene rings is 1. The number of para-hydroxylation sites is 1. The van der Waals surface area contributed by atoms with E-state index in [1.54, 1.807) is 0 Å². The molecule has 2 rings (SSSR count). The predicted molar refractivity (Wildman–Crippen MR) is 76.5 cm³/mol. The molecule has 2 atom stereocenters. The van der Waals surface area contributed by atoms with Crippen LogP contribution in [0, 0.1) is 5.92 Å². The molecule has 0 saturated carbocycles. The first-order chi connectivity index (χ1) is 9.22. The average molecular weight is 262 g/mol. The Morgan fingerprint density at radius 2 is 2.21 bits per heavy atom. The van der Waals surface area contributed by atoms with Gasteiger partial charge in [-0.25, -0.2) is 0 Å². The smallest absolute Gasteiger partial charge is 0.253 e. The van der Waals surface area contributed by atoms with Crippen LogP contribution in [-0.2, 0) is 4.74 Å². The van der Waals surface area contributed by atoms with Crippen LogP contribution in [0.1, 0.15) is 30.6 Å². The second-order valence-electron chi connectivity index (χ2n) is 4.91. The van der Waals surface area contributed by atoms with Gasteiger partial charge in [0.1, 0.15) is 0 Å². The van der Waals surface area contributed by atoms with Crippen molar-refractivity contribution >= 4 is 11.6 Å². The lowest BCUT2D eigenvalue weighted by atomic mass is 10.0. The van der Waals surface area contributed by atoms with E-state index < -0.39 is 0 Å². The highest BCUT2D eigenvalue weighted by Gasteiger charge is 2.24. The molecule has 1 aliphatic heterocycles. The van der Waals surface area contributed by atoms with Gasteiger partial charge >= 0.3 is 0 Å². The molecule has 0 aliphatic carbocycles. The summed E-state index contributed by atoms with van der Waals surface area (Å²) in [6.45, 7) is 6.37. The highest BCUT2D eigenvalue weighted by atomic mass is 16.5. The number of carbonyl (C=O) groups excluding carboxylic acids is 1. The van der Waals surface area contributed by atoms with E-state index in [1.165, 1.54) is 0 Å². The fourth-order valence-corrected chi connectivity index (χ4v) is 2.39. The first kappa shape index (κ1) is 13.9. The zero-order valence-corrected chi connectivity index (χ0v) is 11.6. The zero-order chi connectivity index (χ0) is 13.7. The first-order valence-corrected chi connectivity index (χ1v) is 6.95. The number of nitrogens with one attached hydrogen (secondary N) is 2. The molecule has 104 valence electrons. The molecule has 1 heterocycles. The van der Waals surface area contributed by atoms with Gasteiger partial charge in [0.15, 0.2) is 0 Å². The number of rotatable bonds is 5. The van der Waals surface area contributed by atoms with E-state index >= 15 is 0 Å². The maximum Gasteiger partial charge on any atom is 0.253 e. The Morgan fingerprint density at radius 1 is 1.42 bits per heavy atom. The van der Waals surface area contributed by atoms with Crippen LogP contribution in [0.5, 0.6) is 0 Å². The molecule has 1 fully saturated rings. The van der Waals surface area contributed by atoms with Crippen molar-refractivity contribution in [3.05, 3.63) is 29.8 Å². The van der Waals surface area contributed by atoms with Gasteiger partial charge in [-0.15, -0.1) is 0 Å². The fraction of sp³-hybridized carbons (Fsp3) is 0.533. The molecule has 1 aromatic carbocycles. The molecule has 1 aliphatic rings. The molecule has 1 aromatic rings. The summed E-state index contributed by atoms with van der Waals surface area (Å²) in [6, 6.07) is 7.60. The lowest BCUT2D eigenvalue weighted by molar-refractivity contribution is 0.0908. The number of hydrogen-bond acceptors (Lipinski definition) is 3. The van der Waals surface area contributed by atoms with Gasteiger partial charge in [-0.1, -0.05) is 12.1 Å². The standard InChI is InChI=1S/C15H22N2O2/c1-3-16-14-7-5-4-6-13(14)15(18)17-10-12-8-9-19-11(12)2/h4-7,11-12,16H,3,8-10H2,1-2H3,(H,17,18). The topological polar surface area (TPSA) is 50.4 Å². The van der Waals surface area contributed by atoms with Gasteiger partial charge in [0.2, 0.25) is 0 Å². The minimum Gasteiger partial charge on any atom is -0.385 e. The van der Waals surface area contributed by atoms with Crippen molar-refractivity contribution < 1.29 is 9.53 Å². The molecular formula is C15H22N2O2.